The molecule has 0 unspecified atom stereocenters. The molecule has 7 aromatic carbocycles. The van der Waals surface area contributed by atoms with Crippen LogP contribution >= 0.6 is 0 Å². The van der Waals surface area contributed by atoms with Crippen molar-refractivity contribution in [2.45, 2.75) is 38.0 Å². The Kier molecular flexibility index (Phi) is 6.33. The molecule has 0 aliphatic heterocycles. The highest BCUT2D eigenvalue weighted by Gasteiger charge is 2.52. The predicted molar refractivity (Wildman–Crippen MR) is 204 cm³/mol. The van der Waals surface area contributed by atoms with E-state index < -0.39 is 5.41 Å². The topological polar surface area (TPSA) is 3.24 Å². The van der Waals surface area contributed by atoms with Gasteiger partial charge in [0.05, 0.1) is 11.1 Å². The van der Waals surface area contributed by atoms with Crippen LogP contribution in [-0.4, -0.2) is 0 Å². The van der Waals surface area contributed by atoms with Gasteiger partial charge in [-0.1, -0.05) is 121 Å². The maximum Gasteiger partial charge on any atom is 0.0726 e. The third-order valence-corrected chi connectivity index (χ3v) is 11.4. The van der Waals surface area contributed by atoms with Crippen molar-refractivity contribution in [3.05, 3.63) is 197 Å². The molecule has 1 nitrogen and oxygen atoms in total. The molecule has 0 saturated heterocycles. The summed E-state index contributed by atoms with van der Waals surface area (Å²) >= 11 is 0. The van der Waals surface area contributed by atoms with Crippen LogP contribution < -0.4 is 4.90 Å². The second-order valence-electron chi connectivity index (χ2n) is 14.0. The molecule has 0 N–H and O–H groups in total. The van der Waals surface area contributed by atoms with Gasteiger partial charge in [-0.2, -0.15) is 0 Å². The summed E-state index contributed by atoms with van der Waals surface area (Å²) in [6.45, 7) is 2.31. The molecule has 0 saturated carbocycles. The van der Waals surface area contributed by atoms with E-state index in [1.165, 1.54) is 97.3 Å². The van der Waals surface area contributed by atoms with Crippen LogP contribution in [0.4, 0.5) is 17.1 Å². The van der Waals surface area contributed by atoms with Gasteiger partial charge < -0.3 is 4.90 Å². The van der Waals surface area contributed by atoms with Crippen molar-refractivity contribution in [2.75, 3.05) is 4.90 Å². The fourth-order valence-corrected chi connectivity index (χ4v) is 9.31. The van der Waals surface area contributed by atoms with Crippen LogP contribution in [0.2, 0.25) is 0 Å². The third kappa shape index (κ3) is 4.06. The molecule has 0 radical (unpaired) electrons. The van der Waals surface area contributed by atoms with Crippen LogP contribution in [0.15, 0.2) is 158 Å². The van der Waals surface area contributed by atoms with Gasteiger partial charge in [0.1, 0.15) is 0 Å². The Bertz CT molecular complexity index is 2320. The second-order valence-corrected chi connectivity index (χ2v) is 14.0. The van der Waals surface area contributed by atoms with Gasteiger partial charge in [-0.25, -0.2) is 0 Å². The SMILES string of the molecule is Cc1cc2c(cc1-c1cc3c(cc1N(c1ccccc1)c1ccccc1)C1(c4ccccc4-c4ccccc41)c1ccccc1-3)CCCC2. The lowest BCUT2D eigenvalue weighted by atomic mass is 9.70. The first-order valence-electron chi connectivity index (χ1n) is 17.7. The third-order valence-electron chi connectivity index (χ3n) is 11.4. The zero-order chi connectivity index (χ0) is 32.5. The zero-order valence-corrected chi connectivity index (χ0v) is 27.8. The smallest absolute Gasteiger partial charge is 0.0726 e. The summed E-state index contributed by atoms with van der Waals surface area (Å²) in [7, 11) is 0. The van der Waals surface area contributed by atoms with Gasteiger partial charge in [-0.3, -0.25) is 0 Å². The van der Waals surface area contributed by atoms with Crippen LogP contribution in [0.5, 0.6) is 0 Å². The molecule has 1 heteroatoms. The van der Waals surface area contributed by atoms with Gasteiger partial charge in [-0.05, 0) is 136 Å². The van der Waals surface area contributed by atoms with E-state index in [9.17, 15) is 0 Å². The number of benzene rings is 7. The van der Waals surface area contributed by atoms with Gasteiger partial charge in [0, 0.05) is 16.9 Å². The summed E-state index contributed by atoms with van der Waals surface area (Å²) in [5.41, 5.74) is 20.9. The Morgan fingerprint density at radius 2 is 0.878 bits per heavy atom. The van der Waals surface area contributed by atoms with Crippen molar-refractivity contribution in [1.82, 2.24) is 0 Å². The molecule has 234 valence electrons. The molecule has 1 spiro atoms. The number of hydrogen-bond donors (Lipinski definition) is 0. The van der Waals surface area contributed by atoms with E-state index in [0.717, 1.165) is 17.8 Å². The van der Waals surface area contributed by atoms with Gasteiger partial charge in [0.15, 0.2) is 0 Å². The summed E-state index contributed by atoms with van der Waals surface area (Å²) in [4.78, 5) is 2.48. The molecule has 3 aliphatic carbocycles. The Hall–Kier alpha value is -5.66. The standard InChI is InChI=1S/C48H37N/c1-32-28-33-16-8-9-17-34(33)29-40(32)42-30-41-39-24-12-15-27-45(39)48(43-25-13-10-22-37(43)38-23-11-14-26-44(38)48)46(41)31-47(42)49(35-18-4-2-5-19-35)36-20-6-3-7-21-36/h2-7,10-15,18-31H,8-9,16-17H2,1H3. The number of nitrogens with zero attached hydrogens (tertiary/aromatic N) is 1. The van der Waals surface area contributed by atoms with Crippen LogP contribution in [0.1, 0.15) is 51.8 Å². The number of hydrogen-bond acceptors (Lipinski definition) is 1. The molecule has 0 heterocycles. The monoisotopic (exact) mass is 627 g/mol. The minimum atomic E-state index is -0.406. The average Bonchev–Trinajstić information content (AvgIpc) is 3.62. The summed E-state index contributed by atoms with van der Waals surface area (Å²) < 4.78 is 0. The molecule has 0 aromatic heterocycles. The fraction of sp³-hybridized carbons (Fsp3) is 0.125. The molecular weight excluding hydrogens is 591 g/mol. The first kappa shape index (κ1) is 28.4. The van der Waals surface area contributed by atoms with E-state index in [4.69, 9.17) is 0 Å². The lowest BCUT2D eigenvalue weighted by Crippen LogP contribution is -2.26. The minimum Gasteiger partial charge on any atom is -0.310 e. The predicted octanol–water partition coefficient (Wildman–Crippen LogP) is 12.4. The normalized spacial score (nSPS) is 14.5. The van der Waals surface area contributed by atoms with Crippen molar-refractivity contribution in [2.24, 2.45) is 0 Å². The first-order valence-corrected chi connectivity index (χ1v) is 17.7. The number of para-hydroxylation sites is 2. The molecule has 7 aromatic rings. The van der Waals surface area contributed by atoms with Crippen molar-refractivity contribution in [3.8, 4) is 33.4 Å². The van der Waals surface area contributed by atoms with Crippen LogP contribution in [0.25, 0.3) is 33.4 Å². The zero-order valence-electron chi connectivity index (χ0n) is 27.8. The van der Waals surface area contributed by atoms with Crippen molar-refractivity contribution < 1.29 is 0 Å². The van der Waals surface area contributed by atoms with Gasteiger partial charge in [-0.15, -0.1) is 0 Å². The van der Waals surface area contributed by atoms with Gasteiger partial charge >= 0.3 is 0 Å². The molecule has 0 fully saturated rings. The molecule has 0 bridgehead atoms. The van der Waals surface area contributed by atoms with Gasteiger partial charge in [0.25, 0.3) is 0 Å². The van der Waals surface area contributed by atoms with E-state index in [-0.39, 0.29) is 0 Å². The van der Waals surface area contributed by atoms with Gasteiger partial charge in [0.2, 0.25) is 0 Å². The van der Waals surface area contributed by atoms with E-state index >= 15 is 0 Å². The summed E-state index contributed by atoms with van der Waals surface area (Å²) in [6, 6.07) is 59.3. The molecule has 0 amide bonds. The van der Waals surface area contributed by atoms with Crippen molar-refractivity contribution >= 4 is 17.1 Å². The number of aryl methyl sites for hydroxylation is 3. The Labute approximate surface area is 289 Å². The minimum absolute atomic E-state index is 0.406. The largest absolute Gasteiger partial charge is 0.310 e. The molecule has 3 aliphatic rings. The van der Waals surface area contributed by atoms with Crippen LogP contribution in [0.3, 0.4) is 0 Å². The second kappa shape index (κ2) is 10.9. The van der Waals surface area contributed by atoms with Crippen LogP contribution in [0, 0.1) is 6.92 Å². The fourth-order valence-electron chi connectivity index (χ4n) is 9.31. The summed E-state index contributed by atoms with van der Waals surface area (Å²) in [6.07, 6.45) is 4.89. The Balaban J connectivity index is 1.35. The summed E-state index contributed by atoms with van der Waals surface area (Å²) in [5, 5.41) is 0. The van der Waals surface area contributed by atoms with E-state index in [1.807, 2.05) is 0 Å². The maximum atomic E-state index is 2.56. The lowest BCUT2D eigenvalue weighted by molar-refractivity contribution is 0.685. The highest BCUT2D eigenvalue weighted by molar-refractivity contribution is 6.00. The average molecular weight is 628 g/mol. The number of anilines is 3. The number of fused-ring (bicyclic) bond motifs is 11. The van der Waals surface area contributed by atoms with Crippen LogP contribution in [-0.2, 0) is 18.3 Å². The molecule has 0 atom stereocenters. The number of rotatable bonds is 4. The maximum absolute atomic E-state index is 2.56. The first-order chi connectivity index (χ1) is 24.2. The van der Waals surface area contributed by atoms with E-state index in [0.29, 0.717) is 0 Å². The van der Waals surface area contributed by atoms with E-state index in [2.05, 4.69) is 170 Å². The van der Waals surface area contributed by atoms with E-state index in [1.54, 1.807) is 0 Å². The van der Waals surface area contributed by atoms with Crippen molar-refractivity contribution in [1.29, 1.82) is 0 Å². The Morgan fingerprint density at radius 1 is 0.408 bits per heavy atom. The molecule has 10 rings (SSSR count). The molecule has 49 heavy (non-hydrogen) atoms. The Morgan fingerprint density at radius 3 is 1.43 bits per heavy atom. The molecular formula is C48H37N. The van der Waals surface area contributed by atoms with Crippen molar-refractivity contribution in [3.63, 3.8) is 0 Å². The lowest BCUT2D eigenvalue weighted by Gasteiger charge is -2.33. The highest BCUT2D eigenvalue weighted by atomic mass is 15.1. The highest BCUT2D eigenvalue weighted by Crippen LogP contribution is 2.64. The quantitative estimate of drug-likeness (QED) is 0.188. The summed E-state index contributed by atoms with van der Waals surface area (Å²) in [5.74, 6) is 0.